The van der Waals surface area contributed by atoms with Gasteiger partial charge in [-0.1, -0.05) is 60.1 Å². The molecular formula is C39H62N2O6. The highest BCUT2D eigenvalue weighted by Crippen LogP contribution is 2.75. The van der Waals surface area contributed by atoms with E-state index in [0.29, 0.717) is 24.8 Å². The standard InChI is InChI=1S/C39H62N2O6/c1-24(32(44)45)41-31(43)11-10-22-40-33(46)39-20-18-34(3,4)23-27(39)26-12-13-29-36(7)16-15-30(47-25(2)42)35(5,6)28(36)14-17-38(29,9)37(26,8)19-21-39/h12,24,27-30H,10-11,13-23H2,1-9H3,(H,40,46)(H,41,43)(H,44,45)/t24-,27-,28-,29+,30-,36-,37+,38+,39-/m0/s1. The molecule has 0 heterocycles. The minimum atomic E-state index is -1.06. The van der Waals surface area contributed by atoms with E-state index >= 15 is 0 Å². The largest absolute Gasteiger partial charge is 0.480 e. The van der Waals surface area contributed by atoms with Gasteiger partial charge in [0.15, 0.2) is 0 Å². The normalized spacial score (nSPS) is 40.6. The SMILES string of the molecule is CC(=O)O[C@H]1CC[C@]2(C)[C@H]3CC=C4[C@@H]5CC(C)(C)CC[C@]5(C(=O)NCCCC(=O)N[C@@H](C)C(=O)O)CC[C@@]4(C)[C@]3(C)CC[C@H]2C1(C)C. The first-order valence-corrected chi connectivity index (χ1v) is 18.4. The summed E-state index contributed by atoms with van der Waals surface area (Å²) in [6.07, 6.45) is 13.3. The Kier molecular flexibility index (Phi) is 9.32. The maximum absolute atomic E-state index is 14.3. The molecule has 5 rings (SSSR count). The van der Waals surface area contributed by atoms with Crippen LogP contribution in [0.15, 0.2) is 11.6 Å². The minimum Gasteiger partial charge on any atom is -0.480 e. The van der Waals surface area contributed by atoms with Crippen molar-refractivity contribution in [2.75, 3.05) is 6.54 Å². The number of carboxylic acid groups (broad SMARTS) is 1. The molecule has 0 aromatic rings. The first-order chi connectivity index (χ1) is 21.7. The Balaban J connectivity index is 1.38. The number of allylic oxidation sites excluding steroid dienone is 2. The molecule has 0 saturated heterocycles. The zero-order valence-electron chi connectivity index (χ0n) is 30.6. The zero-order valence-corrected chi connectivity index (χ0v) is 30.6. The molecule has 0 unspecified atom stereocenters. The molecule has 5 aliphatic carbocycles. The van der Waals surface area contributed by atoms with E-state index in [0.717, 1.165) is 64.2 Å². The van der Waals surface area contributed by atoms with Gasteiger partial charge in [-0.05, 0) is 117 Å². The van der Waals surface area contributed by atoms with Crippen molar-refractivity contribution in [3.63, 3.8) is 0 Å². The second kappa shape index (κ2) is 12.2. The number of esters is 1. The molecule has 0 aliphatic heterocycles. The van der Waals surface area contributed by atoms with Gasteiger partial charge in [-0.15, -0.1) is 0 Å². The fourth-order valence-corrected chi connectivity index (χ4v) is 12.0. The fourth-order valence-electron chi connectivity index (χ4n) is 12.0. The van der Waals surface area contributed by atoms with Gasteiger partial charge in [0.25, 0.3) is 0 Å². The number of aliphatic carboxylic acids is 1. The Morgan fingerprint density at radius 2 is 1.62 bits per heavy atom. The smallest absolute Gasteiger partial charge is 0.325 e. The van der Waals surface area contributed by atoms with Crippen LogP contribution in [0.2, 0.25) is 0 Å². The first kappa shape index (κ1) is 35.9. The van der Waals surface area contributed by atoms with E-state index in [4.69, 9.17) is 9.84 Å². The quantitative estimate of drug-likeness (QED) is 0.145. The van der Waals surface area contributed by atoms with Crippen molar-refractivity contribution in [2.45, 2.75) is 152 Å². The highest BCUT2D eigenvalue weighted by atomic mass is 16.5. The Labute approximate surface area is 283 Å². The van der Waals surface area contributed by atoms with E-state index in [-0.39, 0.29) is 63.3 Å². The molecule has 2 amide bonds. The monoisotopic (exact) mass is 654 g/mol. The number of carbonyl (C=O) groups is 4. The highest BCUT2D eigenvalue weighted by Gasteiger charge is 2.69. The predicted molar refractivity (Wildman–Crippen MR) is 182 cm³/mol. The van der Waals surface area contributed by atoms with Crippen LogP contribution in [0, 0.1) is 50.2 Å². The van der Waals surface area contributed by atoms with Crippen molar-refractivity contribution in [2.24, 2.45) is 50.2 Å². The van der Waals surface area contributed by atoms with Crippen LogP contribution in [0.5, 0.6) is 0 Å². The third-order valence-corrected chi connectivity index (χ3v) is 15.0. The molecule has 47 heavy (non-hydrogen) atoms. The molecule has 5 aliphatic rings. The summed E-state index contributed by atoms with van der Waals surface area (Å²) in [4.78, 5) is 49.6. The van der Waals surface area contributed by atoms with E-state index in [1.165, 1.54) is 19.4 Å². The lowest BCUT2D eigenvalue weighted by molar-refractivity contribution is -0.212. The molecule has 0 aromatic carbocycles. The van der Waals surface area contributed by atoms with Gasteiger partial charge in [0, 0.05) is 25.3 Å². The molecule has 4 saturated carbocycles. The number of rotatable bonds is 8. The van der Waals surface area contributed by atoms with Crippen LogP contribution in [0.4, 0.5) is 0 Å². The van der Waals surface area contributed by atoms with Crippen molar-refractivity contribution in [1.82, 2.24) is 10.6 Å². The number of carbonyl (C=O) groups excluding carboxylic acids is 3. The lowest BCUT2D eigenvalue weighted by Crippen LogP contribution is -2.65. The third kappa shape index (κ3) is 5.85. The summed E-state index contributed by atoms with van der Waals surface area (Å²) in [5.41, 5.74) is 1.47. The van der Waals surface area contributed by atoms with Gasteiger partial charge in [-0.25, -0.2) is 0 Å². The van der Waals surface area contributed by atoms with E-state index in [9.17, 15) is 19.2 Å². The lowest BCUT2D eigenvalue weighted by atomic mass is 9.33. The van der Waals surface area contributed by atoms with Crippen LogP contribution >= 0.6 is 0 Å². The molecule has 3 N–H and O–H groups in total. The summed E-state index contributed by atoms with van der Waals surface area (Å²) >= 11 is 0. The van der Waals surface area contributed by atoms with Crippen LogP contribution in [0.3, 0.4) is 0 Å². The number of nitrogens with one attached hydrogen (secondary N) is 2. The van der Waals surface area contributed by atoms with Gasteiger partial charge < -0.3 is 20.5 Å². The van der Waals surface area contributed by atoms with E-state index in [2.05, 4.69) is 65.2 Å². The number of carboxylic acids is 1. The summed E-state index contributed by atoms with van der Waals surface area (Å²) in [6, 6.07) is -0.927. The number of hydrogen-bond acceptors (Lipinski definition) is 5. The van der Waals surface area contributed by atoms with E-state index in [1.807, 2.05) is 0 Å². The number of ether oxygens (including phenoxy) is 1. The predicted octanol–water partition coefficient (Wildman–Crippen LogP) is 7.21. The van der Waals surface area contributed by atoms with Crippen molar-refractivity contribution < 1.29 is 29.0 Å². The molecule has 8 heteroatoms. The summed E-state index contributed by atoms with van der Waals surface area (Å²) in [7, 11) is 0. The van der Waals surface area contributed by atoms with E-state index in [1.54, 1.807) is 0 Å². The molecule has 4 fully saturated rings. The van der Waals surface area contributed by atoms with Crippen LogP contribution in [-0.4, -0.2) is 47.6 Å². The van der Waals surface area contributed by atoms with Crippen LogP contribution < -0.4 is 10.6 Å². The first-order valence-electron chi connectivity index (χ1n) is 18.4. The van der Waals surface area contributed by atoms with Gasteiger partial charge >= 0.3 is 11.9 Å². The summed E-state index contributed by atoms with van der Waals surface area (Å²) < 4.78 is 5.92. The fraction of sp³-hybridized carbons (Fsp3) is 0.846. The van der Waals surface area contributed by atoms with Crippen molar-refractivity contribution >= 4 is 23.8 Å². The van der Waals surface area contributed by atoms with Gasteiger partial charge in [0.2, 0.25) is 11.8 Å². The molecular weight excluding hydrogens is 592 g/mol. The highest BCUT2D eigenvalue weighted by molar-refractivity contribution is 5.85. The van der Waals surface area contributed by atoms with E-state index < -0.39 is 17.4 Å². The molecule has 0 aromatic heterocycles. The molecule has 264 valence electrons. The summed E-state index contributed by atoms with van der Waals surface area (Å²) in [6.45, 7) is 20.4. The van der Waals surface area contributed by atoms with Crippen molar-refractivity contribution in [1.29, 1.82) is 0 Å². The maximum Gasteiger partial charge on any atom is 0.325 e. The third-order valence-electron chi connectivity index (χ3n) is 15.0. The van der Waals surface area contributed by atoms with Crippen LogP contribution in [0.25, 0.3) is 0 Å². The Morgan fingerprint density at radius 3 is 2.28 bits per heavy atom. The molecule has 0 radical (unpaired) electrons. The lowest BCUT2D eigenvalue weighted by Gasteiger charge is -2.71. The maximum atomic E-state index is 14.3. The minimum absolute atomic E-state index is 0.0154. The molecule has 9 atom stereocenters. The topological polar surface area (TPSA) is 122 Å². The second-order valence-corrected chi connectivity index (χ2v) is 18.3. The molecule has 0 spiro atoms. The Hall–Kier alpha value is -2.38. The number of amides is 2. The number of hydrogen-bond donors (Lipinski definition) is 3. The number of fused-ring (bicyclic) bond motifs is 7. The van der Waals surface area contributed by atoms with Gasteiger partial charge in [-0.2, -0.15) is 0 Å². The average molecular weight is 655 g/mol. The van der Waals surface area contributed by atoms with Gasteiger partial charge in [0.1, 0.15) is 12.1 Å². The van der Waals surface area contributed by atoms with Gasteiger partial charge in [-0.3, -0.25) is 19.2 Å². The van der Waals surface area contributed by atoms with Gasteiger partial charge in [0.05, 0.1) is 5.41 Å². The zero-order chi connectivity index (χ0) is 34.8. The molecule has 0 bridgehead atoms. The van der Waals surface area contributed by atoms with Crippen LogP contribution in [-0.2, 0) is 23.9 Å². The Bertz CT molecular complexity index is 1320. The summed E-state index contributed by atoms with van der Waals surface area (Å²) in [5, 5.41) is 14.8. The summed E-state index contributed by atoms with van der Waals surface area (Å²) in [5.74, 6) is -0.186. The average Bonchev–Trinajstić information content (AvgIpc) is 2.96. The second-order valence-electron chi connectivity index (χ2n) is 18.3. The Morgan fingerprint density at radius 1 is 0.936 bits per heavy atom. The molecule has 8 nitrogen and oxygen atoms in total. The van der Waals surface area contributed by atoms with Crippen molar-refractivity contribution in [3.05, 3.63) is 11.6 Å². The van der Waals surface area contributed by atoms with Crippen LogP contribution in [0.1, 0.15) is 139 Å². The van der Waals surface area contributed by atoms with Crippen molar-refractivity contribution in [3.8, 4) is 0 Å².